The Kier molecular flexibility index (Phi) is 6.01. The van der Waals surface area contributed by atoms with E-state index in [2.05, 4.69) is 12.1 Å². The summed E-state index contributed by atoms with van der Waals surface area (Å²) in [6.45, 7) is 0. The number of benzene rings is 3. The van der Waals surface area contributed by atoms with E-state index in [4.69, 9.17) is 14.1 Å². The van der Waals surface area contributed by atoms with E-state index in [-0.39, 0.29) is 5.92 Å². The molecule has 4 heteroatoms. The molecule has 1 fully saturated rings. The summed E-state index contributed by atoms with van der Waals surface area (Å²) in [5.74, 6) is 1.98. The smallest absolute Gasteiger partial charge is 0.227 e. The largest absolute Gasteiger partial charge is 0.497 e. The maximum absolute atomic E-state index is 12.0. The molecule has 2 atom stereocenters. The Labute approximate surface area is 194 Å². The van der Waals surface area contributed by atoms with E-state index in [1.807, 2.05) is 72.8 Å². The molecule has 0 radical (unpaired) electrons. The van der Waals surface area contributed by atoms with Crippen molar-refractivity contribution in [2.45, 2.75) is 37.7 Å². The average Bonchev–Trinajstić information content (AvgIpc) is 3.33. The van der Waals surface area contributed by atoms with E-state index in [0.29, 0.717) is 18.1 Å². The lowest BCUT2D eigenvalue weighted by atomic mass is 9.72. The van der Waals surface area contributed by atoms with Crippen molar-refractivity contribution < 1.29 is 14.3 Å². The molecular weight excluding hydrogens is 410 g/mol. The van der Waals surface area contributed by atoms with Crippen molar-refractivity contribution in [1.82, 2.24) is 4.98 Å². The molecule has 4 aromatic rings. The highest BCUT2D eigenvalue weighted by atomic mass is 16.5. The van der Waals surface area contributed by atoms with Crippen molar-refractivity contribution >= 4 is 0 Å². The van der Waals surface area contributed by atoms with Gasteiger partial charge in [0.1, 0.15) is 17.0 Å². The third-order valence-electron chi connectivity index (χ3n) is 6.73. The Hall–Kier alpha value is -3.37. The number of aromatic nitrogens is 1. The molecule has 1 heterocycles. The minimum atomic E-state index is -1.11. The molecule has 1 aromatic heterocycles. The van der Waals surface area contributed by atoms with Crippen molar-refractivity contribution in [1.29, 1.82) is 0 Å². The Morgan fingerprint density at radius 1 is 0.939 bits per heavy atom. The number of oxazole rings is 1. The fraction of sp³-hybridized carbons (Fsp3) is 0.276. The first kappa shape index (κ1) is 21.5. The molecule has 168 valence electrons. The molecule has 1 aliphatic carbocycles. The highest BCUT2D eigenvalue weighted by molar-refractivity contribution is 5.76. The molecule has 0 spiro atoms. The lowest BCUT2D eigenvalue weighted by Gasteiger charge is -2.37. The van der Waals surface area contributed by atoms with Crippen LogP contribution < -0.4 is 4.74 Å². The first-order valence-corrected chi connectivity index (χ1v) is 11.6. The molecule has 0 aliphatic heterocycles. The molecule has 5 rings (SSSR count). The van der Waals surface area contributed by atoms with Gasteiger partial charge in [-0.1, -0.05) is 85.6 Å². The number of hydrogen-bond acceptors (Lipinski definition) is 4. The number of methoxy groups -OCH3 is 1. The van der Waals surface area contributed by atoms with Crippen LogP contribution in [0.5, 0.6) is 5.75 Å². The minimum absolute atomic E-state index is 0.0178. The Morgan fingerprint density at radius 2 is 1.67 bits per heavy atom. The number of aliphatic hydroxyl groups is 1. The van der Waals surface area contributed by atoms with Crippen molar-refractivity contribution in [3.05, 3.63) is 96.4 Å². The van der Waals surface area contributed by atoms with Crippen LogP contribution in [0.3, 0.4) is 0 Å². The van der Waals surface area contributed by atoms with Crippen LogP contribution in [-0.2, 0) is 12.0 Å². The zero-order valence-corrected chi connectivity index (χ0v) is 18.9. The van der Waals surface area contributed by atoms with Crippen molar-refractivity contribution in [2.24, 2.45) is 5.92 Å². The van der Waals surface area contributed by atoms with Crippen molar-refractivity contribution in [2.75, 3.05) is 7.11 Å². The van der Waals surface area contributed by atoms with Gasteiger partial charge in [0.05, 0.1) is 7.11 Å². The van der Waals surface area contributed by atoms with Gasteiger partial charge in [0.2, 0.25) is 5.89 Å². The van der Waals surface area contributed by atoms with Crippen LogP contribution in [0, 0.1) is 5.92 Å². The molecule has 1 aliphatic rings. The predicted molar refractivity (Wildman–Crippen MR) is 130 cm³/mol. The second-order valence-corrected chi connectivity index (χ2v) is 8.85. The maximum atomic E-state index is 12.0. The molecule has 0 unspecified atom stereocenters. The number of hydrogen-bond donors (Lipinski definition) is 1. The summed E-state index contributed by atoms with van der Waals surface area (Å²) >= 11 is 0. The molecule has 0 amide bonds. The second-order valence-electron chi connectivity index (χ2n) is 8.85. The summed E-state index contributed by atoms with van der Waals surface area (Å²) in [5, 5.41) is 12.0. The van der Waals surface area contributed by atoms with Gasteiger partial charge in [0, 0.05) is 17.0 Å². The topological polar surface area (TPSA) is 55.5 Å². The molecule has 4 nitrogen and oxygen atoms in total. The van der Waals surface area contributed by atoms with Gasteiger partial charge in [0.25, 0.3) is 0 Å². The number of ether oxygens (including phenoxy) is 1. The van der Waals surface area contributed by atoms with Gasteiger partial charge in [-0.3, -0.25) is 0 Å². The normalized spacial score (nSPS) is 20.5. The predicted octanol–water partition coefficient (Wildman–Crippen LogP) is 6.64. The van der Waals surface area contributed by atoms with E-state index in [1.54, 1.807) is 7.11 Å². The van der Waals surface area contributed by atoms with Gasteiger partial charge in [0.15, 0.2) is 5.76 Å². The maximum Gasteiger partial charge on any atom is 0.227 e. The van der Waals surface area contributed by atoms with E-state index >= 15 is 0 Å². The summed E-state index contributed by atoms with van der Waals surface area (Å²) in [6.07, 6.45) is 4.36. The zero-order chi connectivity index (χ0) is 22.7. The number of rotatable bonds is 6. The highest BCUT2D eigenvalue weighted by Crippen LogP contribution is 2.46. The minimum Gasteiger partial charge on any atom is -0.497 e. The Bertz CT molecular complexity index is 1150. The lowest BCUT2D eigenvalue weighted by Crippen LogP contribution is -2.39. The van der Waals surface area contributed by atoms with Crippen LogP contribution in [0.2, 0.25) is 0 Å². The van der Waals surface area contributed by atoms with Gasteiger partial charge in [-0.2, -0.15) is 0 Å². The summed E-state index contributed by atoms with van der Waals surface area (Å²) in [4.78, 5) is 4.94. The summed E-state index contributed by atoms with van der Waals surface area (Å²) in [6, 6.07) is 28.2. The van der Waals surface area contributed by atoms with Crippen LogP contribution in [0.15, 0.2) is 89.3 Å². The SMILES string of the molecule is COc1cccc(C[C@H]2CCCC[C@]2(O)c2nc(-c3ccccc3)c(-c3ccccc3)o2)c1. The fourth-order valence-corrected chi connectivity index (χ4v) is 4.95. The molecule has 33 heavy (non-hydrogen) atoms. The second kappa shape index (κ2) is 9.24. The van der Waals surface area contributed by atoms with Gasteiger partial charge >= 0.3 is 0 Å². The van der Waals surface area contributed by atoms with Crippen molar-refractivity contribution in [3.63, 3.8) is 0 Å². The fourth-order valence-electron chi connectivity index (χ4n) is 4.95. The third kappa shape index (κ3) is 4.31. The van der Waals surface area contributed by atoms with E-state index in [9.17, 15) is 5.11 Å². The van der Waals surface area contributed by atoms with Crippen molar-refractivity contribution in [3.8, 4) is 28.3 Å². The van der Waals surface area contributed by atoms with Gasteiger partial charge in [-0.25, -0.2) is 4.98 Å². The molecular formula is C29H29NO3. The quantitative estimate of drug-likeness (QED) is 0.366. The Balaban J connectivity index is 1.56. The average molecular weight is 440 g/mol. The van der Waals surface area contributed by atoms with Gasteiger partial charge in [-0.05, 0) is 37.0 Å². The molecule has 1 N–H and O–H groups in total. The first-order chi connectivity index (χ1) is 16.2. The standard InChI is InChI=1S/C29H29NO3/c1-32-25-17-10-11-21(20-25)19-24-16-8-9-18-29(24,31)28-30-26(22-12-4-2-5-13-22)27(33-28)23-14-6-3-7-15-23/h2-7,10-15,17,20,24,31H,8-9,16,18-19H2,1H3/t24-,29-/m1/s1. The summed E-state index contributed by atoms with van der Waals surface area (Å²) in [5.41, 5.74) is 2.75. The first-order valence-electron chi connectivity index (χ1n) is 11.6. The number of nitrogens with zero attached hydrogens (tertiary/aromatic N) is 1. The van der Waals surface area contributed by atoms with Crippen LogP contribution in [0.1, 0.15) is 37.1 Å². The highest BCUT2D eigenvalue weighted by Gasteiger charge is 2.45. The third-order valence-corrected chi connectivity index (χ3v) is 6.73. The van der Waals surface area contributed by atoms with Crippen LogP contribution in [0.4, 0.5) is 0 Å². The molecule has 0 saturated heterocycles. The van der Waals surface area contributed by atoms with Crippen LogP contribution in [-0.4, -0.2) is 17.2 Å². The summed E-state index contributed by atoms with van der Waals surface area (Å²) in [7, 11) is 1.68. The molecule has 1 saturated carbocycles. The van der Waals surface area contributed by atoms with E-state index < -0.39 is 5.60 Å². The zero-order valence-electron chi connectivity index (χ0n) is 18.9. The van der Waals surface area contributed by atoms with Crippen LogP contribution >= 0.6 is 0 Å². The Morgan fingerprint density at radius 3 is 2.39 bits per heavy atom. The summed E-state index contributed by atoms with van der Waals surface area (Å²) < 4.78 is 11.8. The van der Waals surface area contributed by atoms with Crippen LogP contribution in [0.25, 0.3) is 22.6 Å². The van der Waals surface area contributed by atoms with Gasteiger partial charge in [-0.15, -0.1) is 0 Å². The molecule has 3 aromatic carbocycles. The lowest BCUT2D eigenvalue weighted by molar-refractivity contribution is -0.0742. The van der Waals surface area contributed by atoms with E-state index in [0.717, 1.165) is 53.8 Å². The monoisotopic (exact) mass is 439 g/mol. The molecule has 0 bridgehead atoms. The van der Waals surface area contributed by atoms with E-state index in [1.165, 1.54) is 0 Å². The van der Waals surface area contributed by atoms with Gasteiger partial charge < -0.3 is 14.3 Å².